The number of urea groups is 1. The fraction of sp³-hybridized carbons (Fsp3) is 0.609. The molecule has 6 nitrogen and oxygen atoms in total. The van der Waals surface area contributed by atoms with E-state index in [0.717, 1.165) is 37.0 Å². The largest absolute Gasteiger partial charge is 0.454 e. The van der Waals surface area contributed by atoms with Gasteiger partial charge in [-0.25, -0.2) is 9.18 Å². The number of rotatable bonds is 7. The number of carbonyl (C=O) groups excluding carboxylic acids is 3. The number of nitrogens with one attached hydrogen (secondary N) is 2. The highest BCUT2D eigenvalue weighted by atomic mass is 19.1. The second kappa shape index (κ2) is 8.36. The number of Topliss-reactive ketones (excluding diaryl/α,β-unsaturated/α-hetero) is 1. The van der Waals surface area contributed by atoms with E-state index in [2.05, 4.69) is 10.6 Å². The number of benzene rings is 1. The fourth-order valence-corrected chi connectivity index (χ4v) is 5.99. The molecule has 7 heteroatoms. The van der Waals surface area contributed by atoms with Gasteiger partial charge in [0, 0.05) is 17.6 Å². The number of hydrogen-bond donors (Lipinski definition) is 2. The number of halogens is 1. The van der Waals surface area contributed by atoms with Crippen LogP contribution in [0.25, 0.3) is 0 Å². The lowest BCUT2D eigenvalue weighted by Gasteiger charge is -2.56. The van der Waals surface area contributed by atoms with Crippen molar-refractivity contribution in [1.29, 1.82) is 0 Å². The highest BCUT2D eigenvalue weighted by Crippen LogP contribution is 2.55. The summed E-state index contributed by atoms with van der Waals surface area (Å²) < 4.78 is 18.1. The molecule has 162 valence electrons. The SMILES string of the molecule is CC(OC(=O)CCNC(=O)NC12CC3CC(CC(C3)C1)C2)C(=O)c1ccc(F)cc1. The van der Waals surface area contributed by atoms with Gasteiger partial charge in [-0.15, -0.1) is 0 Å². The number of ketones is 1. The zero-order valence-corrected chi connectivity index (χ0v) is 17.3. The molecule has 0 heterocycles. The molecule has 1 atom stereocenters. The molecule has 0 saturated heterocycles. The molecule has 0 radical (unpaired) electrons. The number of amides is 2. The van der Waals surface area contributed by atoms with E-state index < -0.39 is 23.7 Å². The van der Waals surface area contributed by atoms with Gasteiger partial charge in [0.25, 0.3) is 0 Å². The molecular formula is C23H29FN2O4. The lowest BCUT2D eigenvalue weighted by molar-refractivity contribution is -0.146. The minimum atomic E-state index is -0.969. The van der Waals surface area contributed by atoms with Crippen LogP contribution in [0.1, 0.15) is 62.2 Å². The van der Waals surface area contributed by atoms with Crippen molar-refractivity contribution in [2.75, 3.05) is 6.54 Å². The Hall–Kier alpha value is -2.44. The normalized spacial score (nSPS) is 29.9. The molecule has 2 N–H and O–H groups in total. The predicted octanol–water partition coefficient (Wildman–Crippen LogP) is 3.60. The molecule has 4 bridgehead atoms. The van der Waals surface area contributed by atoms with Crippen molar-refractivity contribution in [2.45, 2.75) is 63.5 Å². The van der Waals surface area contributed by atoms with Gasteiger partial charge in [-0.05, 0) is 87.5 Å². The third kappa shape index (κ3) is 4.65. The van der Waals surface area contributed by atoms with E-state index in [1.54, 1.807) is 0 Å². The first-order valence-electron chi connectivity index (χ1n) is 10.9. The van der Waals surface area contributed by atoms with Crippen LogP contribution in [0, 0.1) is 23.6 Å². The zero-order valence-electron chi connectivity index (χ0n) is 17.3. The molecule has 5 rings (SSSR count). The first-order chi connectivity index (χ1) is 14.3. The van der Waals surface area contributed by atoms with Crippen LogP contribution in [0.5, 0.6) is 0 Å². The van der Waals surface area contributed by atoms with Crippen molar-refractivity contribution in [3.63, 3.8) is 0 Å². The van der Waals surface area contributed by atoms with Gasteiger partial charge in [0.05, 0.1) is 6.42 Å². The topological polar surface area (TPSA) is 84.5 Å². The summed E-state index contributed by atoms with van der Waals surface area (Å²) in [5, 5.41) is 5.95. The van der Waals surface area contributed by atoms with E-state index in [1.165, 1.54) is 50.5 Å². The maximum atomic E-state index is 13.0. The molecule has 1 unspecified atom stereocenters. The van der Waals surface area contributed by atoms with E-state index in [1.807, 2.05) is 0 Å². The summed E-state index contributed by atoms with van der Waals surface area (Å²) in [6.45, 7) is 1.63. The summed E-state index contributed by atoms with van der Waals surface area (Å²) in [6.07, 6.45) is 6.14. The Kier molecular flexibility index (Phi) is 5.80. The van der Waals surface area contributed by atoms with Crippen molar-refractivity contribution in [2.24, 2.45) is 17.8 Å². The molecule has 0 aliphatic heterocycles. The molecular weight excluding hydrogens is 387 g/mol. The van der Waals surface area contributed by atoms with Crippen LogP contribution >= 0.6 is 0 Å². The summed E-state index contributed by atoms with van der Waals surface area (Å²) in [5.41, 5.74) is 0.208. The summed E-state index contributed by atoms with van der Waals surface area (Å²) >= 11 is 0. The van der Waals surface area contributed by atoms with E-state index in [-0.39, 0.29) is 30.1 Å². The average Bonchev–Trinajstić information content (AvgIpc) is 2.66. The summed E-state index contributed by atoms with van der Waals surface area (Å²) in [4.78, 5) is 36.7. The van der Waals surface area contributed by atoms with Gasteiger partial charge in [-0.2, -0.15) is 0 Å². The molecule has 4 aliphatic carbocycles. The highest BCUT2D eigenvalue weighted by molar-refractivity contribution is 6.00. The van der Waals surface area contributed by atoms with E-state index >= 15 is 0 Å². The zero-order chi connectivity index (χ0) is 21.3. The second-order valence-electron chi connectivity index (χ2n) is 9.33. The maximum Gasteiger partial charge on any atom is 0.315 e. The van der Waals surface area contributed by atoms with Gasteiger partial charge in [0.15, 0.2) is 6.10 Å². The van der Waals surface area contributed by atoms with Gasteiger partial charge in [0.2, 0.25) is 5.78 Å². The Morgan fingerprint density at radius 3 is 2.20 bits per heavy atom. The third-order valence-electron chi connectivity index (χ3n) is 6.84. The van der Waals surface area contributed by atoms with Crippen LogP contribution in [0.15, 0.2) is 24.3 Å². The first kappa shape index (κ1) is 20.8. The second-order valence-corrected chi connectivity index (χ2v) is 9.33. The quantitative estimate of drug-likeness (QED) is 0.525. The Labute approximate surface area is 175 Å². The van der Waals surface area contributed by atoms with E-state index in [0.29, 0.717) is 0 Å². The van der Waals surface area contributed by atoms with Crippen LogP contribution in [0.2, 0.25) is 0 Å². The minimum absolute atomic E-state index is 0.0185. The molecule has 1 aromatic carbocycles. The lowest BCUT2D eigenvalue weighted by Crippen LogP contribution is -2.61. The number of ether oxygens (including phenoxy) is 1. The van der Waals surface area contributed by atoms with Crippen LogP contribution in [0.4, 0.5) is 9.18 Å². The van der Waals surface area contributed by atoms with Crippen LogP contribution in [-0.4, -0.2) is 36.0 Å². The van der Waals surface area contributed by atoms with Crippen LogP contribution in [-0.2, 0) is 9.53 Å². The number of hydrogen-bond acceptors (Lipinski definition) is 4. The Morgan fingerprint density at radius 1 is 1.07 bits per heavy atom. The van der Waals surface area contributed by atoms with Gasteiger partial charge < -0.3 is 15.4 Å². The van der Waals surface area contributed by atoms with Gasteiger partial charge >= 0.3 is 12.0 Å². The highest BCUT2D eigenvalue weighted by Gasteiger charge is 2.51. The van der Waals surface area contributed by atoms with Crippen LogP contribution in [0.3, 0.4) is 0 Å². The van der Waals surface area contributed by atoms with Crippen molar-refractivity contribution < 1.29 is 23.5 Å². The molecule has 2 amide bonds. The van der Waals surface area contributed by atoms with Gasteiger partial charge in [-0.3, -0.25) is 9.59 Å². The fourth-order valence-electron chi connectivity index (χ4n) is 5.99. The Morgan fingerprint density at radius 2 is 1.63 bits per heavy atom. The molecule has 4 aliphatic rings. The summed E-state index contributed by atoms with van der Waals surface area (Å²) in [5.74, 6) is 0.836. The molecule has 0 aromatic heterocycles. The summed E-state index contributed by atoms with van der Waals surface area (Å²) in [7, 11) is 0. The smallest absolute Gasteiger partial charge is 0.315 e. The lowest BCUT2D eigenvalue weighted by atomic mass is 9.53. The monoisotopic (exact) mass is 416 g/mol. The van der Waals surface area contributed by atoms with Crippen LogP contribution < -0.4 is 10.6 Å². The maximum absolute atomic E-state index is 13.0. The molecule has 4 fully saturated rings. The third-order valence-corrected chi connectivity index (χ3v) is 6.84. The number of carbonyl (C=O) groups is 3. The molecule has 4 saturated carbocycles. The minimum Gasteiger partial charge on any atom is -0.454 e. The van der Waals surface area contributed by atoms with Crippen molar-refractivity contribution >= 4 is 17.8 Å². The van der Waals surface area contributed by atoms with Crippen molar-refractivity contribution in [3.05, 3.63) is 35.6 Å². The predicted molar refractivity (Wildman–Crippen MR) is 108 cm³/mol. The van der Waals surface area contributed by atoms with E-state index in [4.69, 9.17) is 4.74 Å². The van der Waals surface area contributed by atoms with Gasteiger partial charge in [-0.1, -0.05) is 0 Å². The average molecular weight is 416 g/mol. The standard InChI is InChI=1S/C23H29FN2O4/c1-14(21(28)18-2-4-19(24)5-3-18)30-20(27)6-7-25-22(29)26-23-11-15-8-16(12-23)10-17(9-15)13-23/h2-5,14-17H,6-13H2,1H3,(H2,25,26,29). The molecule has 30 heavy (non-hydrogen) atoms. The Bertz CT molecular complexity index is 788. The Balaban J connectivity index is 1.19. The first-order valence-corrected chi connectivity index (χ1v) is 10.9. The summed E-state index contributed by atoms with van der Waals surface area (Å²) in [6, 6.07) is 4.86. The van der Waals surface area contributed by atoms with Gasteiger partial charge in [0.1, 0.15) is 5.82 Å². The number of esters is 1. The van der Waals surface area contributed by atoms with Crippen molar-refractivity contribution in [3.8, 4) is 0 Å². The van der Waals surface area contributed by atoms with E-state index in [9.17, 15) is 18.8 Å². The molecule has 0 spiro atoms. The molecule has 1 aromatic rings. The van der Waals surface area contributed by atoms with Crippen molar-refractivity contribution in [1.82, 2.24) is 10.6 Å².